The van der Waals surface area contributed by atoms with Crippen LogP contribution in [0.2, 0.25) is 0 Å². The number of fused-ring (bicyclic) bond motifs is 1. The highest BCUT2D eigenvalue weighted by Gasteiger charge is 2.26. The van der Waals surface area contributed by atoms with Crippen LogP contribution in [0.1, 0.15) is 12.8 Å². The molecule has 1 aromatic carbocycles. The topological polar surface area (TPSA) is 72.0 Å². The minimum Gasteiger partial charge on any atom is -0.454 e. The van der Waals surface area contributed by atoms with E-state index in [0.29, 0.717) is 6.04 Å². The zero-order valence-corrected chi connectivity index (χ0v) is 15.8. The van der Waals surface area contributed by atoms with Gasteiger partial charge >= 0.3 is 0 Å². The Balaban J connectivity index is 1.22. The molecule has 0 aliphatic carbocycles. The largest absolute Gasteiger partial charge is 0.454 e. The van der Waals surface area contributed by atoms with Gasteiger partial charge in [-0.25, -0.2) is 9.97 Å². The van der Waals surface area contributed by atoms with Crippen LogP contribution < -0.4 is 19.7 Å². The smallest absolute Gasteiger partial charge is 0.231 e. The molecule has 28 heavy (non-hydrogen) atoms. The molecule has 1 N–H and O–H groups in total. The van der Waals surface area contributed by atoms with Crippen molar-refractivity contribution in [3.8, 4) is 11.5 Å². The Hall–Kier alpha value is -2.58. The maximum absolute atomic E-state index is 5.48. The summed E-state index contributed by atoms with van der Waals surface area (Å²) in [6.07, 6.45) is 3.95. The monoisotopic (exact) mass is 383 g/mol. The molecule has 0 atom stereocenters. The lowest BCUT2D eigenvalue weighted by molar-refractivity contribution is 0.0115. The molecule has 2 aromatic rings. The normalized spacial score (nSPS) is 20.4. The van der Waals surface area contributed by atoms with Crippen LogP contribution in [0.4, 0.5) is 17.3 Å². The third-order valence-electron chi connectivity index (χ3n) is 5.65. The molecule has 0 radical (unpaired) electrons. The Morgan fingerprint density at radius 1 is 0.929 bits per heavy atom. The molecular formula is C20H25N5O3. The average Bonchev–Trinajstić information content (AvgIpc) is 3.23. The van der Waals surface area contributed by atoms with Gasteiger partial charge in [-0.2, -0.15) is 0 Å². The summed E-state index contributed by atoms with van der Waals surface area (Å²) in [6, 6.07) is 8.47. The fourth-order valence-corrected chi connectivity index (χ4v) is 4.11. The summed E-state index contributed by atoms with van der Waals surface area (Å²) >= 11 is 0. The second-order valence-corrected chi connectivity index (χ2v) is 7.32. The fourth-order valence-electron chi connectivity index (χ4n) is 4.11. The van der Waals surface area contributed by atoms with Crippen molar-refractivity contribution in [3.63, 3.8) is 0 Å². The molecule has 0 unspecified atom stereocenters. The third kappa shape index (κ3) is 3.70. The highest BCUT2D eigenvalue weighted by atomic mass is 16.7. The predicted octanol–water partition coefficient (Wildman–Crippen LogP) is 2.25. The third-order valence-corrected chi connectivity index (χ3v) is 5.65. The fraction of sp³-hybridized carbons (Fsp3) is 0.500. The van der Waals surface area contributed by atoms with E-state index < -0.39 is 0 Å². The number of benzene rings is 1. The zero-order chi connectivity index (χ0) is 18.8. The highest BCUT2D eigenvalue weighted by molar-refractivity contribution is 5.63. The molecule has 0 saturated carbocycles. The summed E-state index contributed by atoms with van der Waals surface area (Å²) < 4.78 is 16.3. The van der Waals surface area contributed by atoms with Gasteiger partial charge in [0.15, 0.2) is 11.5 Å². The molecule has 2 fully saturated rings. The predicted molar refractivity (Wildman–Crippen MR) is 106 cm³/mol. The average molecular weight is 383 g/mol. The highest BCUT2D eigenvalue weighted by Crippen LogP contribution is 2.35. The lowest BCUT2D eigenvalue weighted by atomic mass is 10.0. The molecule has 8 heteroatoms. The Labute approximate surface area is 164 Å². The van der Waals surface area contributed by atoms with Crippen molar-refractivity contribution in [2.24, 2.45) is 0 Å². The summed E-state index contributed by atoms with van der Waals surface area (Å²) in [5.41, 5.74) is 0.917. The van der Waals surface area contributed by atoms with Gasteiger partial charge in [0.1, 0.15) is 18.0 Å². The molecule has 8 nitrogen and oxygen atoms in total. The van der Waals surface area contributed by atoms with Crippen LogP contribution in [-0.4, -0.2) is 67.1 Å². The quantitative estimate of drug-likeness (QED) is 0.862. The first-order valence-electron chi connectivity index (χ1n) is 9.91. The maximum Gasteiger partial charge on any atom is 0.231 e. The van der Waals surface area contributed by atoms with E-state index in [-0.39, 0.29) is 6.79 Å². The summed E-state index contributed by atoms with van der Waals surface area (Å²) in [5, 5.41) is 3.34. The summed E-state index contributed by atoms with van der Waals surface area (Å²) in [4.78, 5) is 13.8. The number of ether oxygens (including phenoxy) is 3. The van der Waals surface area contributed by atoms with Gasteiger partial charge in [-0.15, -0.1) is 0 Å². The van der Waals surface area contributed by atoms with Crippen molar-refractivity contribution in [2.75, 3.05) is 56.4 Å². The number of anilines is 3. The molecule has 1 aromatic heterocycles. The van der Waals surface area contributed by atoms with E-state index in [9.17, 15) is 0 Å². The number of hydrogen-bond donors (Lipinski definition) is 1. The number of rotatable bonds is 4. The van der Waals surface area contributed by atoms with Crippen LogP contribution >= 0.6 is 0 Å². The number of nitrogens with zero attached hydrogens (tertiary/aromatic N) is 4. The molecule has 2 saturated heterocycles. The summed E-state index contributed by atoms with van der Waals surface area (Å²) in [5.74, 6) is 3.28. The van der Waals surface area contributed by atoms with Gasteiger partial charge in [0.25, 0.3) is 0 Å². The Morgan fingerprint density at radius 3 is 2.61 bits per heavy atom. The zero-order valence-electron chi connectivity index (χ0n) is 15.8. The second kappa shape index (κ2) is 7.81. The Bertz CT molecular complexity index is 819. The van der Waals surface area contributed by atoms with Gasteiger partial charge in [-0.3, -0.25) is 4.90 Å². The summed E-state index contributed by atoms with van der Waals surface area (Å²) in [6.45, 7) is 6.15. The molecule has 148 valence electrons. The second-order valence-electron chi connectivity index (χ2n) is 7.32. The van der Waals surface area contributed by atoms with E-state index in [2.05, 4.69) is 25.1 Å². The van der Waals surface area contributed by atoms with Gasteiger partial charge in [0, 0.05) is 50.0 Å². The number of piperidine rings is 1. The summed E-state index contributed by atoms with van der Waals surface area (Å²) in [7, 11) is 0. The van der Waals surface area contributed by atoms with Crippen molar-refractivity contribution < 1.29 is 14.2 Å². The molecule has 3 aliphatic rings. The molecule has 0 amide bonds. The first-order valence-corrected chi connectivity index (χ1v) is 9.91. The maximum atomic E-state index is 5.48. The number of morpholine rings is 1. The van der Waals surface area contributed by atoms with Gasteiger partial charge in [0.2, 0.25) is 6.79 Å². The Kier molecular flexibility index (Phi) is 4.88. The Morgan fingerprint density at radius 2 is 1.75 bits per heavy atom. The molecule has 0 spiro atoms. The standard InChI is InChI=1S/C20H25N5O3/c1-2-17-18(28-14-27-17)11-15(1)23-19-12-20(22-13-21-19)25-5-3-16(4-6-25)24-7-9-26-10-8-24/h1-2,11-13,16H,3-10,14H2,(H,21,22,23). The van der Waals surface area contributed by atoms with Gasteiger partial charge in [0.05, 0.1) is 13.2 Å². The molecule has 3 aliphatic heterocycles. The molecular weight excluding hydrogens is 358 g/mol. The van der Waals surface area contributed by atoms with E-state index in [1.165, 1.54) is 0 Å². The van der Waals surface area contributed by atoms with Crippen LogP contribution in [0.15, 0.2) is 30.6 Å². The minimum atomic E-state index is 0.275. The van der Waals surface area contributed by atoms with Crippen LogP contribution in [0.5, 0.6) is 11.5 Å². The van der Waals surface area contributed by atoms with Gasteiger partial charge < -0.3 is 24.4 Å². The molecule has 4 heterocycles. The minimum absolute atomic E-state index is 0.275. The van der Waals surface area contributed by atoms with Crippen molar-refractivity contribution >= 4 is 17.3 Å². The van der Waals surface area contributed by atoms with Crippen molar-refractivity contribution in [3.05, 3.63) is 30.6 Å². The lowest BCUT2D eigenvalue weighted by Gasteiger charge is -2.40. The first-order chi connectivity index (χ1) is 13.8. The van der Waals surface area contributed by atoms with Gasteiger partial charge in [-0.1, -0.05) is 0 Å². The lowest BCUT2D eigenvalue weighted by Crippen LogP contribution is -2.49. The van der Waals surface area contributed by atoms with Gasteiger partial charge in [-0.05, 0) is 25.0 Å². The van der Waals surface area contributed by atoms with Crippen molar-refractivity contribution in [2.45, 2.75) is 18.9 Å². The van der Waals surface area contributed by atoms with Crippen molar-refractivity contribution in [1.82, 2.24) is 14.9 Å². The number of nitrogens with one attached hydrogen (secondary N) is 1. The van der Waals surface area contributed by atoms with E-state index in [4.69, 9.17) is 14.2 Å². The molecule has 5 rings (SSSR count). The van der Waals surface area contributed by atoms with Crippen LogP contribution in [0.3, 0.4) is 0 Å². The van der Waals surface area contributed by atoms with E-state index >= 15 is 0 Å². The van der Waals surface area contributed by atoms with Crippen LogP contribution in [0.25, 0.3) is 0 Å². The number of hydrogen-bond acceptors (Lipinski definition) is 8. The van der Waals surface area contributed by atoms with Crippen molar-refractivity contribution in [1.29, 1.82) is 0 Å². The number of aromatic nitrogens is 2. The first kappa shape index (κ1) is 17.5. The van der Waals surface area contributed by atoms with Crippen LogP contribution in [0, 0.1) is 0 Å². The van der Waals surface area contributed by atoms with E-state index in [1.807, 2.05) is 24.3 Å². The SMILES string of the molecule is c1nc(Nc2ccc3c(c2)OCO3)cc(N2CCC(N3CCOCC3)CC2)n1. The molecule has 0 bridgehead atoms. The van der Waals surface area contributed by atoms with Crippen LogP contribution in [-0.2, 0) is 4.74 Å². The van der Waals surface area contributed by atoms with E-state index in [0.717, 1.165) is 81.1 Å². The van der Waals surface area contributed by atoms with E-state index in [1.54, 1.807) is 6.33 Å².